The van der Waals surface area contributed by atoms with Crippen LogP contribution in [0, 0.1) is 0 Å². The van der Waals surface area contributed by atoms with Crippen LogP contribution in [0.5, 0.6) is 0 Å². The number of rotatable bonds is 8. The molecule has 0 unspecified atom stereocenters. The van der Waals surface area contributed by atoms with Gasteiger partial charge in [0.2, 0.25) is 5.91 Å². The van der Waals surface area contributed by atoms with E-state index in [1.807, 2.05) is 11.8 Å². The maximum Gasteiger partial charge on any atom is 0.220 e. The third-order valence-corrected chi connectivity index (χ3v) is 2.62. The van der Waals surface area contributed by atoms with Gasteiger partial charge in [-0.05, 0) is 12.2 Å². The smallest absolute Gasteiger partial charge is 0.220 e. The number of amides is 1. The lowest BCUT2D eigenvalue weighted by atomic mass is 10.4. The van der Waals surface area contributed by atoms with E-state index in [0.717, 1.165) is 11.5 Å². The zero-order chi connectivity index (χ0) is 9.94. The Morgan fingerprint density at radius 2 is 2.23 bits per heavy atom. The topological polar surface area (TPSA) is 49.3 Å². The fourth-order valence-electron chi connectivity index (χ4n) is 0.797. The minimum Gasteiger partial charge on any atom is -0.395 e. The molecular formula is C9H19NO2S. The van der Waals surface area contributed by atoms with Crippen LogP contribution in [0.1, 0.15) is 26.2 Å². The van der Waals surface area contributed by atoms with Crippen molar-refractivity contribution >= 4 is 17.7 Å². The summed E-state index contributed by atoms with van der Waals surface area (Å²) in [7, 11) is 0. The molecule has 0 bridgehead atoms. The molecule has 0 saturated carbocycles. The van der Waals surface area contributed by atoms with Crippen molar-refractivity contribution in [1.29, 1.82) is 0 Å². The molecule has 0 aliphatic heterocycles. The van der Waals surface area contributed by atoms with E-state index < -0.39 is 0 Å². The molecule has 0 aromatic carbocycles. The molecule has 3 nitrogen and oxygen atoms in total. The summed E-state index contributed by atoms with van der Waals surface area (Å²) in [6.45, 7) is 2.56. The summed E-state index contributed by atoms with van der Waals surface area (Å²) >= 11 is 1.82. The van der Waals surface area contributed by atoms with Gasteiger partial charge in [-0.25, -0.2) is 0 Å². The molecule has 78 valence electrons. The van der Waals surface area contributed by atoms with Crippen LogP contribution in [-0.4, -0.2) is 35.7 Å². The zero-order valence-electron chi connectivity index (χ0n) is 8.21. The maximum atomic E-state index is 11.0. The van der Waals surface area contributed by atoms with E-state index in [4.69, 9.17) is 5.11 Å². The van der Waals surface area contributed by atoms with E-state index in [2.05, 4.69) is 12.2 Å². The molecule has 1 amide bonds. The Morgan fingerprint density at radius 1 is 1.46 bits per heavy atom. The number of thioether (sulfide) groups is 1. The normalized spacial score (nSPS) is 10.0. The van der Waals surface area contributed by atoms with Gasteiger partial charge in [-0.2, -0.15) is 11.8 Å². The average Bonchev–Trinajstić information content (AvgIpc) is 2.14. The van der Waals surface area contributed by atoms with Crippen LogP contribution >= 0.6 is 11.8 Å². The first-order valence-corrected chi connectivity index (χ1v) is 5.92. The SMILES string of the molecule is CCCCSCCC(=O)NCCO. The average molecular weight is 205 g/mol. The molecule has 0 aliphatic rings. The van der Waals surface area contributed by atoms with Gasteiger partial charge in [0.1, 0.15) is 0 Å². The Hall–Kier alpha value is -0.220. The third-order valence-electron chi connectivity index (χ3n) is 1.55. The van der Waals surface area contributed by atoms with Gasteiger partial charge < -0.3 is 10.4 Å². The van der Waals surface area contributed by atoms with Crippen molar-refractivity contribution in [2.24, 2.45) is 0 Å². The quantitative estimate of drug-likeness (QED) is 0.582. The second-order valence-electron chi connectivity index (χ2n) is 2.79. The fraction of sp³-hybridized carbons (Fsp3) is 0.889. The predicted molar refractivity (Wildman–Crippen MR) is 56.9 cm³/mol. The summed E-state index contributed by atoms with van der Waals surface area (Å²) in [5, 5.41) is 11.1. The number of carbonyl (C=O) groups is 1. The molecule has 4 heteroatoms. The van der Waals surface area contributed by atoms with Crippen molar-refractivity contribution < 1.29 is 9.90 Å². The molecule has 0 aromatic heterocycles. The van der Waals surface area contributed by atoms with Gasteiger partial charge in [-0.3, -0.25) is 4.79 Å². The molecule has 0 heterocycles. The lowest BCUT2D eigenvalue weighted by molar-refractivity contribution is -0.120. The predicted octanol–water partition coefficient (Wildman–Crippen LogP) is 1.02. The van der Waals surface area contributed by atoms with E-state index in [-0.39, 0.29) is 12.5 Å². The highest BCUT2D eigenvalue weighted by Gasteiger charge is 1.98. The third kappa shape index (κ3) is 9.70. The lowest BCUT2D eigenvalue weighted by Crippen LogP contribution is -2.26. The van der Waals surface area contributed by atoms with Crippen LogP contribution in [0.2, 0.25) is 0 Å². The summed E-state index contributed by atoms with van der Waals surface area (Å²) in [6, 6.07) is 0. The largest absolute Gasteiger partial charge is 0.395 e. The van der Waals surface area contributed by atoms with Crippen LogP contribution in [0.3, 0.4) is 0 Å². The minimum absolute atomic E-state index is 0.0225. The van der Waals surface area contributed by atoms with Crippen molar-refractivity contribution in [2.45, 2.75) is 26.2 Å². The molecule has 0 fully saturated rings. The van der Waals surface area contributed by atoms with E-state index in [9.17, 15) is 4.79 Å². The molecule has 0 atom stereocenters. The van der Waals surface area contributed by atoms with Crippen LogP contribution in [0.4, 0.5) is 0 Å². The number of hydrogen-bond donors (Lipinski definition) is 2. The van der Waals surface area contributed by atoms with Crippen molar-refractivity contribution in [2.75, 3.05) is 24.7 Å². The Morgan fingerprint density at radius 3 is 2.85 bits per heavy atom. The van der Waals surface area contributed by atoms with E-state index in [0.29, 0.717) is 13.0 Å². The summed E-state index contributed by atoms with van der Waals surface area (Å²) in [5.74, 6) is 2.07. The van der Waals surface area contributed by atoms with Crippen LogP contribution < -0.4 is 5.32 Å². The Balaban J connectivity index is 3.08. The van der Waals surface area contributed by atoms with Gasteiger partial charge in [-0.15, -0.1) is 0 Å². The first kappa shape index (κ1) is 12.8. The molecule has 0 radical (unpaired) electrons. The standard InChI is InChI=1S/C9H19NO2S/c1-2-3-7-13-8-4-9(12)10-5-6-11/h11H,2-8H2,1H3,(H,10,12). The summed E-state index contributed by atoms with van der Waals surface area (Å²) in [6.07, 6.45) is 3.00. The monoisotopic (exact) mass is 205 g/mol. The molecule has 0 spiro atoms. The number of aliphatic hydroxyl groups excluding tert-OH is 1. The highest BCUT2D eigenvalue weighted by atomic mass is 32.2. The van der Waals surface area contributed by atoms with Crippen LogP contribution in [0.25, 0.3) is 0 Å². The van der Waals surface area contributed by atoms with Crippen molar-refractivity contribution in [3.05, 3.63) is 0 Å². The van der Waals surface area contributed by atoms with Crippen molar-refractivity contribution in [3.8, 4) is 0 Å². The molecule has 0 saturated heterocycles. The van der Waals surface area contributed by atoms with Gasteiger partial charge in [0.25, 0.3) is 0 Å². The number of nitrogens with one attached hydrogen (secondary N) is 1. The zero-order valence-corrected chi connectivity index (χ0v) is 9.03. The Bertz CT molecular complexity index is 131. The van der Waals surface area contributed by atoms with Gasteiger partial charge >= 0.3 is 0 Å². The molecule has 2 N–H and O–H groups in total. The van der Waals surface area contributed by atoms with E-state index in [1.165, 1.54) is 12.8 Å². The summed E-state index contributed by atoms with van der Waals surface area (Å²) < 4.78 is 0. The van der Waals surface area contributed by atoms with Gasteiger partial charge in [0.05, 0.1) is 6.61 Å². The number of aliphatic hydroxyl groups is 1. The number of unbranched alkanes of at least 4 members (excludes halogenated alkanes) is 1. The maximum absolute atomic E-state index is 11.0. The Kier molecular flexibility index (Phi) is 9.70. The van der Waals surface area contributed by atoms with Crippen LogP contribution in [-0.2, 0) is 4.79 Å². The van der Waals surface area contributed by atoms with Gasteiger partial charge in [0, 0.05) is 18.7 Å². The minimum atomic E-state index is 0.0225. The molecule has 0 rings (SSSR count). The number of carbonyl (C=O) groups excluding carboxylic acids is 1. The Labute approximate surface area is 84.3 Å². The lowest BCUT2D eigenvalue weighted by Gasteiger charge is -2.02. The summed E-state index contributed by atoms with van der Waals surface area (Å²) in [5.41, 5.74) is 0. The molecular weight excluding hydrogens is 186 g/mol. The molecule has 0 aliphatic carbocycles. The van der Waals surface area contributed by atoms with Crippen molar-refractivity contribution in [3.63, 3.8) is 0 Å². The highest BCUT2D eigenvalue weighted by molar-refractivity contribution is 7.99. The first-order valence-electron chi connectivity index (χ1n) is 4.76. The van der Waals surface area contributed by atoms with Crippen molar-refractivity contribution in [1.82, 2.24) is 5.32 Å². The highest BCUT2D eigenvalue weighted by Crippen LogP contribution is 2.05. The number of hydrogen-bond acceptors (Lipinski definition) is 3. The summed E-state index contributed by atoms with van der Waals surface area (Å²) in [4.78, 5) is 11.0. The first-order chi connectivity index (χ1) is 6.31. The fourth-order valence-corrected chi connectivity index (χ4v) is 1.82. The van der Waals surface area contributed by atoms with Gasteiger partial charge in [-0.1, -0.05) is 13.3 Å². The second kappa shape index (κ2) is 9.86. The molecule has 0 aromatic rings. The van der Waals surface area contributed by atoms with Gasteiger partial charge in [0.15, 0.2) is 0 Å². The van der Waals surface area contributed by atoms with E-state index >= 15 is 0 Å². The van der Waals surface area contributed by atoms with Crippen LogP contribution in [0.15, 0.2) is 0 Å². The second-order valence-corrected chi connectivity index (χ2v) is 4.01. The molecule has 13 heavy (non-hydrogen) atoms. The van der Waals surface area contributed by atoms with E-state index in [1.54, 1.807) is 0 Å².